The lowest BCUT2D eigenvalue weighted by Crippen LogP contribution is -2.55. The van der Waals surface area contributed by atoms with Gasteiger partial charge in [0.05, 0.1) is 17.4 Å². The molecule has 0 saturated heterocycles. The summed E-state index contributed by atoms with van der Waals surface area (Å²) in [5, 5.41) is 8.15. The summed E-state index contributed by atoms with van der Waals surface area (Å²) < 4.78 is 1.74. The Kier molecular flexibility index (Phi) is 4.31. The van der Waals surface area contributed by atoms with E-state index in [1.807, 2.05) is 12.1 Å². The average Bonchev–Trinajstić information content (AvgIpc) is 2.65. The predicted molar refractivity (Wildman–Crippen MR) is 113 cm³/mol. The van der Waals surface area contributed by atoms with Crippen molar-refractivity contribution in [3.05, 3.63) is 51.4 Å². The lowest BCUT2D eigenvalue weighted by atomic mass is 9.53. The van der Waals surface area contributed by atoms with Crippen molar-refractivity contribution in [2.45, 2.75) is 63.8 Å². The maximum absolute atomic E-state index is 13.2. The Morgan fingerprint density at radius 1 is 1.07 bits per heavy atom. The SMILES string of the molecule is CC(C)c1ccc(Nc2cnn(C34CC5CC(CC(C5)C3)C4)c(=O)c2Cl)cc1. The molecule has 0 atom stereocenters. The van der Waals surface area contributed by atoms with E-state index in [0.29, 0.717) is 11.6 Å². The highest BCUT2D eigenvalue weighted by Crippen LogP contribution is 2.58. The summed E-state index contributed by atoms with van der Waals surface area (Å²) in [5.74, 6) is 2.77. The maximum atomic E-state index is 13.2. The summed E-state index contributed by atoms with van der Waals surface area (Å²) in [5.41, 5.74) is 2.54. The first-order valence-corrected chi connectivity index (χ1v) is 11.0. The van der Waals surface area contributed by atoms with Crippen LogP contribution >= 0.6 is 11.6 Å². The van der Waals surface area contributed by atoms with Gasteiger partial charge in [-0.1, -0.05) is 37.6 Å². The minimum Gasteiger partial charge on any atom is -0.353 e. The number of nitrogens with one attached hydrogen (secondary N) is 1. The van der Waals surface area contributed by atoms with E-state index in [4.69, 9.17) is 11.6 Å². The molecule has 4 aliphatic carbocycles. The average molecular weight is 398 g/mol. The number of anilines is 2. The summed E-state index contributed by atoms with van der Waals surface area (Å²) in [6.07, 6.45) is 9.02. The van der Waals surface area contributed by atoms with E-state index in [9.17, 15) is 4.79 Å². The van der Waals surface area contributed by atoms with Gasteiger partial charge in [0.1, 0.15) is 5.02 Å². The second kappa shape index (κ2) is 6.62. The van der Waals surface area contributed by atoms with Gasteiger partial charge in [-0.15, -0.1) is 0 Å². The third-order valence-electron chi connectivity index (χ3n) is 7.23. The number of benzene rings is 1. The molecule has 148 valence electrons. The first kappa shape index (κ1) is 18.2. The van der Waals surface area contributed by atoms with Crippen LogP contribution in [0.5, 0.6) is 0 Å². The topological polar surface area (TPSA) is 46.9 Å². The molecule has 4 nitrogen and oxygen atoms in total. The van der Waals surface area contributed by atoms with Crippen LogP contribution in [-0.2, 0) is 5.54 Å². The van der Waals surface area contributed by atoms with E-state index in [2.05, 4.69) is 36.4 Å². The van der Waals surface area contributed by atoms with Crippen LogP contribution in [0.3, 0.4) is 0 Å². The Morgan fingerprint density at radius 2 is 1.64 bits per heavy atom. The first-order chi connectivity index (χ1) is 13.4. The van der Waals surface area contributed by atoms with Crippen LogP contribution in [0.15, 0.2) is 35.3 Å². The fraction of sp³-hybridized carbons (Fsp3) is 0.565. The van der Waals surface area contributed by atoms with Gasteiger partial charge >= 0.3 is 0 Å². The van der Waals surface area contributed by atoms with Crippen LogP contribution in [-0.4, -0.2) is 9.78 Å². The van der Waals surface area contributed by atoms with Crippen LogP contribution in [0.1, 0.15) is 63.9 Å². The Hall–Kier alpha value is -1.81. The zero-order valence-corrected chi connectivity index (χ0v) is 17.4. The number of halogens is 1. The van der Waals surface area contributed by atoms with Crippen molar-refractivity contribution in [2.75, 3.05) is 5.32 Å². The standard InChI is InChI=1S/C23H28ClN3O/c1-14(2)18-3-5-19(6-4-18)26-20-13-25-27(22(28)21(20)24)23-10-15-7-16(11-23)9-17(8-15)12-23/h3-6,13-17,26H,7-12H2,1-2H3. The zero-order valence-electron chi connectivity index (χ0n) is 16.6. The van der Waals surface area contributed by atoms with E-state index in [1.54, 1.807) is 10.9 Å². The van der Waals surface area contributed by atoms with Gasteiger partial charge < -0.3 is 5.32 Å². The molecular formula is C23H28ClN3O. The van der Waals surface area contributed by atoms with Crippen molar-refractivity contribution in [1.82, 2.24) is 9.78 Å². The number of rotatable bonds is 4. The number of aromatic nitrogens is 2. The van der Waals surface area contributed by atoms with E-state index in [0.717, 1.165) is 42.7 Å². The molecule has 0 radical (unpaired) electrons. The molecule has 4 fully saturated rings. The van der Waals surface area contributed by atoms with E-state index in [1.165, 1.54) is 24.8 Å². The summed E-state index contributed by atoms with van der Waals surface area (Å²) in [6, 6.07) is 8.25. The molecule has 1 aromatic heterocycles. The monoisotopic (exact) mass is 397 g/mol. The fourth-order valence-corrected chi connectivity index (χ4v) is 6.47. The Morgan fingerprint density at radius 3 is 2.18 bits per heavy atom. The number of hydrogen-bond acceptors (Lipinski definition) is 3. The summed E-state index contributed by atoms with van der Waals surface area (Å²) >= 11 is 6.53. The number of nitrogens with zero attached hydrogens (tertiary/aromatic N) is 2. The second-order valence-electron chi connectivity index (χ2n) is 9.63. The van der Waals surface area contributed by atoms with Crippen molar-refractivity contribution in [2.24, 2.45) is 17.8 Å². The second-order valence-corrected chi connectivity index (χ2v) is 10.0. The van der Waals surface area contributed by atoms with Crippen LogP contribution in [0.2, 0.25) is 5.02 Å². The minimum atomic E-state index is -0.146. The molecule has 4 saturated carbocycles. The van der Waals surface area contributed by atoms with Crippen LogP contribution in [0, 0.1) is 17.8 Å². The lowest BCUT2D eigenvalue weighted by molar-refractivity contribution is -0.0518. The van der Waals surface area contributed by atoms with Crippen LogP contribution in [0.4, 0.5) is 11.4 Å². The summed E-state index contributed by atoms with van der Waals surface area (Å²) in [7, 11) is 0. The smallest absolute Gasteiger partial charge is 0.288 e. The predicted octanol–water partition coefficient (Wildman–Crippen LogP) is 5.69. The molecule has 0 spiro atoms. The summed E-state index contributed by atoms with van der Waals surface area (Å²) in [6.45, 7) is 4.35. The molecule has 5 heteroatoms. The quantitative estimate of drug-likeness (QED) is 0.720. The van der Waals surface area contributed by atoms with Crippen molar-refractivity contribution < 1.29 is 0 Å². The molecule has 2 aromatic rings. The highest BCUT2D eigenvalue weighted by atomic mass is 35.5. The molecule has 1 heterocycles. The molecule has 0 amide bonds. The van der Waals surface area contributed by atoms with Crippen molar-refractivity contribution in [3.63, 3.8) is 0 Å². The normalized spacial score (nSPS) is 30.8. The Labute approximate surface area is 171 Å². The van der Waals surface area contributed by atoms with Crippen molar-refractivity contribution in [3.8, 4) is 0 Å². The Balaban J connectivity index is 1.44. The van der Waals surface area contributed by atoms with Gasteiger partial charge in [0.25, 0.3) is 5.56 Å². The van der Waals surface area contributed by atoms with E-state index >= 15 is 0 Å². The Bertz CT molecular complexity index is 912. The molecule has 0 aliphatic heterocycles. The molecule has 0 unspecified atom stereocenters. The van der Waals surface area contributed by atoms with Gasteiger partial charge in [0.15, 0.2) is 0 Å². The van der Waals surface area contributed by atoms with Gasteiger partial charge in [0.2, 0.25) is 0 Å². The first-order valence-electron chi connectivity index (χ1n) is 10.6. The van der Waals surface area contributed by atoms with Crippen LogP contribution in [0.25, 0.3) is 0 Å². The van der Waals surface area contributed by atoms with Gasteiger partial charge in [-0.05, 0) is 79.9 Å². The molecule has 6 rings (SSSR count). The van der Waals surface area contributed by atoms with Gasteiger partial charge in [-0.2, -0.15) is 5.10 Å². The highest BCUT2D eigenvalue weighted by Gasteiger charge is 2.53. The third-order valence-corrected chi connectivity index (χ3v) is 7.60. The van der Waals surface area contributed by atoms with Crippen molar-refractivity contribution >= 4 is 23.0 Å². The van der Waals surface area contributed by atoms with Gasteiger partial charge in [-0.3, -0.25) is 4.79 Å². The largest absolute Gasteiger partial charge is 0.353 e. The molecule has 4 bridgehead atoms. The minimum absolute atomic E-state index is 0.104. The van der Waals surface area contributed by atoms with E-state index in [-0.39, 0.29) is 16.1 Å². The maximum Gasteiger partial charge on any atom is 0.288 e. The fourth-order valence-electron chi connectivity index (χ4n) is 6.29. The number of hydrogen-bond donors (Lipinski definition) is 1. The molecule has 4 aliphatic rings. The molecule has 1 aromatic carbocycles. The summed E-state index contributed by atoms with van der Waals surface area (Å²) in [4.78, 5) is 13.2. The van der Waals surface area contributed by atoms with Gasteiger partial charge in [-0.25, -0.2) is 4.68 Å². The van der Waals surface area contributed by atoms with E-state index < -0.39 is 0 Å². The third kappa shape index (κ3) is 2.97. The lowest BCUT2D eigenvalue weighted by Gasteiger charge is -2.56. The van der Waals surface area contributed by atoms with Crippen LogP contribution < -0.4 is 10.9 Å². The highest BCUT2D eigenvalue weighted by molar-refractivity contribution is 6.33. The molecular weight excluding hydrogens is 370 g/mol. The zero-order chi connectivity index (χ0) is 19.5. The molecule has 1 N–H and O–H groups in total. The van der Waals surface area contributed by atoms with Crippen molar-refractivity contribution in [1.29, 1.82) is 0 Å². The van der Waals surface area contributed by atoms with Gasteiger partial charge in [0, 0.05) is 5.69 Å². The molecule has 28 heavy (non-hydrogen) atoms.